The molecule has 3 aromatic carbocycles. The van der Waals surface area contributed by atoms with Crippen LogP contribution >= 0.6 is 0 Å². The minimum Gasteiger partial charge on any atom is -0.247 e. The lowest BCUT2D eigenvalue weighted by Gasteiger charge is -2.14. The molecule has 0 radical (unpaired) electrons. The Hall–Kier alpha value is -3.37. The van der Waals surface area contributed by atoms with Gasteiger partial charge in [0.2, 0.25) is 11.6 Å². The van der Waals surface area contributed by atoms with E-state index < -0.39 is 75.0 Å². The van der Waals surface area contributed by atoms with Gasteiger partial charge in [-0.2, -0.15) is 0 Å². The van der Waals surface area contributed by atoms with Gasteiger partial charge in [-0.15, -0.1) is 0 Å². The highest BCUT2D eigenvalue weighted by Crippen LogP contribution is 2.32. The van der Waals surface area contributed by atoms with E-state index in [4.69, 9.17) is 0 Å². The average molecular weight is 451 g/mol. The second-order valence-electron chi connectivity index (χ2n) is 6.19. The number of benzene rings is 3. The predicted molar refractivity (Wildman–Crippen MR) is 88.9 cm³/mol. The first kappa shape index (κ1) is 22.3. The van der Waals surface area contributed by atoms with Gasteiger partial charge in [0.05, 0.1) is 22.5 Å². The minimum atomic E-state index is -2.59. The topological polar surface area (TPSA) is 12.4 Å². The Bertz CT molecular complexity index is 1100. The molecule has 0 saturated heterocycles. The molecule has 0 heterocycles. The molecule has 1 nitrogen and oxygen atoms in total. The number of nitrogens with zero attached hydrogens (tertiary/aromatic N) is 1. The number of hydrogen-bond acceptors (Lipinski definition) is 1. The van der Waals surface area contributed by atoms with Crippen molar-refractivity contribution < 1.29 is 43.9 Å². The Kier molecular flexibility index (Phi) is 5.79. The summed E-state index contributed by atoms with van der Waals surface area (Å²) in [7, 11) is 0. The van der Waals surface area contributed by atoms with Crippen LogP contribution in [0.4, 0.5) is 49.6 Å². The molecule has 0 aliphatic carbocycles. The second-order valence-corrected chi connectivity index (χ2v) is 6.19. The zero-order valence-electron chi connectivity index (χ0n) is 15.0. The van der Waals surface area contributed by atoms with E-state index in [0.717, 1.165) is 12.1 Å². The molecule has 0 amide bonds. The summed E-state index contributed by atoms with van der Waals surface area (Å²) in [6, 6.07) is 4.95. The molecule has 11 heteroatoms. The van der Waals surface area contributed by atoms with Gasteiger partial charge >= 0.3 is 0 Å². The van der Waals surface area contributed by atoms with Gasteiger partial charge in [0, 0.05) is 0 Å². The van der Waals surface area contributed by atoms with E-state index in [1.54, 1.807) is 6.92 Å². The van der Waals surface area contributed by atoms with E-state index in [0.29, 0.717) is 5.56 Å². The van der Waals surface area contributed by atoms with Crippen molar-refractivity contribution in [2.45, 2.75) is 6.92 Å². The summed E-state index contributed by atoms with van der Waals surface area (Å²) < 4.78 is 139. The van der Waals surface area contributed by atoms with Crippen molar-refractivity contribution in [2.75, 3.05) is 0 Å². The normalized spacial score (nSPS) is 11.1. The van der Waals surface area contributed by atoms with Gasteiger partial charge in [-0.1, -0.05) is 17.7 Å². The maximum atomic E-state index is 14.3. The SMILES string of the molecule is Cc1ccc(N=C(c2c(F)c(F)c(F)c(F)c2F)c2c(F)c(F)c(F)c(F)c2F)cc1. The molecule has 0 bridgehead atoms. The molecule has 0 aliphatic heterocycles. The van der Waals surface area contributed by atoms with Gasteiger partial charge in [0.25, 0.3) is 0 Å². The van der Waals surface area contributed by atoms with E-state index in [2.05, 4.69) is 4.99 Å². The summed E-state index contributed by atoms with van der Waals surface area (Å²) in [4.78, 5) is 3.45. The molecule has 31 heavy (non-hydrogen) atoms. The zero-order chi connectivity index (χ0) is 23.2. The highest BCUT2D eigenvalue weighted by Gasteiger charge is 2.35. The maximum Gasteiger partial charge on any atom is 0.200 e. The van der Waals surface area contributed by atoms with Crippen molar-refractivity contribution >= 4 is 11.4 Å². The van der Waals surface area contributed by atoms with Crippen LogP contribution in [0, 0.1) is 65.1 Å². The average Bonchev–Trinajstić information content (AvgIpc) is 2.75. The zero-order valence-corrected chi connectivity index (χ0v) is 15.0. The third-order valence-corrected chi connectivity index (χ3v) is 4.17. The summed E-state index contributed by atoms with van der Waals surface area (Å²) in [6.07, 6.45) is 0. The fourth-order valence-corrected chi connectivity index (χ4v) is 2.61. The first-order valence-corrected chi connectivity index (χ1v) is 8.16. The van der Waals surface area contributed by atoms with Crippen molar-refractivity contribution in [2.24, 2.45) is 4.99 Å². The number of aliphatic imine (C=N–C) groups is 1. The van der Waals surface area contributed by atoms with E-state index in [1.165, 1.54) is 12.1 Å². The monoisotopic (exact) mass is 451 g/mol. The molecule has 0 N–H and O–H groups in total. The third-order valence-electron chi connectivity index (χ3n) is 4.17. The third kappa shape index (κ3) is 3.64. The second kappa shape index (κ2) is 8.05. The fraction of sp³-hybridized carbons (Fsp3) is 0.0500. The molecule has 0 aliphatic rings. The van der Waals surface area contributed by atoms with Crippen LogP contribution in [-0.4, -0.2) is 5.71 Å². The summed E-state index contributed by atoms with van der Waals surface area (Å²) in [6.45, 7) is 1.60. The highest BCUT2D eigenvalue weighted by atomic mass is 19.2. The Labute approximate surface area is 167 Å². The lowest BCUT2D eigenvalue weighted by molar-refractivity contribution is 0.373. The van der Waals surface area contributed by atoms with Crippen LogP contribution in [0.15, 0.2) is 29.3 Å². The van der Waals surface area contributed by atoms with Crippen LogP contribution in [0.1, 0.15) is 16.7 Å². The number of rotatable bonds is 3. The molecule has 0 atom stereocenters. The maximum absolute atomic E-state index is 14.3. The lowest BCUT2D eigenvalue weighted by atomic mass is 9.98. The largest absolute Gasteiger partial charge is 0.247 e. The van der Waals surface area contributed by atoms with Crippen LogP contribution in [0.3, 0.4) is 0 Å². The van der Waals surface area contributed by atoms with Gasteiger partial charge in [0.15, 0.2) is 46.5 Å². The highest BCUT2D eigenvalue weighted by molar-refractivity contribution is 6.14. The van der Waals surface area contributed by atoms with Crippen LogP contribution < -0.4 is 0 Å². The summed E-state index contributed by atoms with van der Waals surface area (Å²) in [5.41, 5.74) is -5.36. The van der Waals surface area contributed by atoms with Gasteiger partial charge in [-0.05, 0) is 19.1 Å². The summed E-state index contributed by atoms with van der Waals surface area (Å²) >= 11 is 0. The molecular weight excluding hydrogens is 444 g/mol. The Morgan fingerprint density at radius 1 is 0.484 bits per heavy atom. The number of aryl methyl sites for hydroxylation is 1. The van der Waals surface area contributed by atoms with Crippen molar-refractivity contribution in [1.29, 1.82) is 0 Å². The van der Waals surface area contributed by atoms with Crippen molar-refractivity contribution in [3.05, 3.63) is 99.1 Å². The van der Waals surface area contributed by atoms with E-state index in [9.17, 15) is 43.9 Å². The van der Waals surface area contributed by atoms with Crippen molar-refractivity contribution in [1.82, 2.24) is 0 Å². The quantitative estimate of drug-likeness (QED) is 0.185. The van der Waals surface area contributed by atoms with E-state index in [-0.39, 0.29) is 5.69 Å². The Balaban J connectivity index is 2.50. The van der Waals surface area contributed by atoms with Crippen molar-refractivity contribution in [3.63, 3.8) is 0 Å². The molecular formula is C20H7F10N. The van der Waals surface area contributed by atoms with Crippen molar-refractivity contribution in [3.8, 4) is 0 Å². The predicted octanol–water partition coefficient (Wildman–Crippen LogP) is 6.56. The molecule has 3 aromatic rings. The molecule has 3 rings (SSSR count). The van der Waals surface area contributed by atoms with Gasteiger partial charge in [0.1, 0.15) is 0 Å². The summed E-state index contributed by atoms with van der Waals surface area (Å²) in [5.74, 6) is -25.5. The lowest BCUT2D eigenvalue weighted by Crippen LogP contribution is -2.19. The van der Waals surface area contributed by atoms with Crippen LogP contribution in [0.5, 0.6) is 0 Å². The Morgan fingerprint density at radius 2 is 0.774 bits per heavy atom. The van der Waals surface area contributed by atoms with Crippen LogP contribution in [-0.2, 0) is 0 Å². The van der Waals surface area contributed by atoms with Gasteiger partial charge in [-0.25, -0.2) is 48.9 Å². The molecule has 0 aromatic heterocycles. The van der Waals surface area contributed by atoms with E-state index >= 15 is 0 Å². The number of hydrogen-bond donors (Lipinski definition) is 0. The van der Waals surface area contributed by atoms with Crippen LogP contribution in [0.2, 0.25) is 0 Å². The summed E-state index contributed by atoms with van der Waals surface area (Å²) in [5, 5.41) is 0. The first-order chi connectivity index (χ1) is 14.5. The van der Waals surface area contributed by atoms with Gasteiger partial charge in [-0.3, -0.25) is 0 Å². The van der Waals surface area contributed by atoms with E-state index in [1.807, 2.05) is 0 Å². The molecule has 162 valence electrons. The molecule has 0 unspecified atom stereocenters. The Morgan fingerprint density at radius 3 is 1.10 bits per heavy atom. The van der Waals surface area contributed by atoms with Crippen LogP contribution in [0.25, 0.3) is 0 Å². The first-order valence-electron chi connectivity index (χ1n) is 8.16. The smallest absolute Gasteiger partial charge is 0.200 e. The minimum absolute atomic E-state index is 0.339. The molecule has 0 spiro atoms. The standard InChI is InChI=1S/C20H7F10N/c1-6-2-4-7(5-3-6)31-20(8-10(21)14(25)18(29)15(26)11(8)22)9-12(23)16(27)19(30)17(28)13(9)24/h2-5H,1H3. The van der Waals surface area contributed by atoms with Gasteiger partial charge < -0.3 is 0 Å². The fourth-order valence-electron chi connectivity index (χ4n) is 2.61. The number of halogens is 10. The molecule has 0 fully saturated rings. The molecule has 0 saturated carbocycles.